The second kappa shape index (κ2) is 18.0. The van der Waals surface area contributed by atoms with E-state index in [4.69, 9.17) is 4.74 Å². The van der Waals surface area contributed by atoms with Crippen LogP contribution in [0.1, 0.15) is 106 Å². The average molecular weight is 648 g/mol. The number of ether oxygens (including phenoxy) is 1. The van der Waals surface area contributed by atoms with Gasteiger partial charge in [-0.25, -0.2) is 9.59 Å². The average Bonchev–Trinajstić information content (AvgIpc) is 3.39. The van der Waals surface area contributed by atoms with E-state index < -0.39 is 59.2 Å². The van der Waals surface area contributed by atoms with E-state index in [1.54, 1.807) is 13.8 Å². The minimum atomic E-state index is -1.02. The van der Waals surface area contributed by atoms with Crippen LogP contribution in [0.5, 0.6) is 0 Å². The quantitative estimate of drug-likeness (QED) is 0.120. The normalized spacial score (nSPS) is 20.7. The molecule has 2 aliphatic rings. The fraction of sp³-hybridized carbons (Fsp3) is 0.765. The summed E-state index contributed by atoms with van der Waals surface area (Å²) in [5.41, 5.74) is -0.657. The number of Topliss-reactive ketones (excluding diaryl/α,β-unsaturated/α-hetero) is 1. The van der Waals surface area contributed by atoms with Crippen molar-refractivity contribution in [2.75, 3.05) is 13.1 Å². The number of esters is 1. The third-order valence-corrected chi connectivity index (χ3v) is 8.61. The highest BCUT2D eigenvalue weighted by atomic mass is 16.5. The van der Waals surface area contributed by atoms with E-state index in [1.165, 1.54) is 11.0 Å². The monoisotopic (exact) mass is 647 g/mol. The van der Waals surface area contributed by atoms with Gasteiger partial charge in [-0.2, -0.15) is 0 Å². The lowest BCUT2D eigenvalue weighted by Gasteiger charge is -2.36. The van der Waals surface area contributed by atoms with Gasteiger partial charge in [0.1, 0.15) is 18.1 Å². The van der Waals surface area contributed by atoms with E-state index in [-0.39, 0.29) is 30.4 Å². The van der Waals surface area contributed by atoms with E-state index in [9.17, 15) is 28.8 Å². The van der Waals surface area contributed by atoms with Crippen molar-refractivity contribution in [3.63, 3.8) is 0 Å². The maximum Gasteiger partial charge on any atom is 0.329 e. The molecule has 46 heavy (non-hydrogen) atoms. The maximum atomic E-state index is 14.3. The third-order valence-electron chi connectivity index (χ3n) is 8.61. The van der Waals surface area contributed by atoms with Crippen LogP contribution in [-0.2, 0) is 28.7 Å². The number of nitrogens with zero attached hydrogens (tertiary/aromatic N) is 1. The molecule has 0 bridgehead atoms. The summed E-state index contributed by atoms with van der Waals surface area (Å²) in [6.07, 6.45) is 7.51. The zero-order chi connectivity index (χ0) is 34.6. The first-order chi connectivity index (χ1) is 21.6. The van der Waals surface area contributed by atoms with Crippen LogP contribution in [0.15, 0.2) is 12.7 Å². The van der Waals surface area contributed by atoms with Crippen LogP contribution in [0.4, 0.5) is 4.79 Å². The minimum Gasteiger partial charge on any atom is -0.461 e. The van der Waals surface area contributed by atoms with Gasteiger partial charge in [-0.1, -0.05) is 72.8 Å². The molecule has 5 amide bonds. The van der Waals surface area contributed by atoms with Crippen LogP contribution in [-0.4, -0.2) is 83.8 Å². The second-order valence-electron chi connectivity index (χ2n) is 14.2. The summed E-state index contributed by atoms with van der Waals surface area (Å²) in [7, 11) is 0. The van der Waals surface area contributed by atoms with Crippen molar-refractivity contribution in [3.05, 3.63) is 12.7 Å². The summed E-state index contributed by atoms with van der Waals surface area (Å²) in [5.74, 6) is -3.12. The van der Waals surface area contributed by atoms with Gasteiger partial charge < -0.3 is 30.9 Å². The largest absolute Gasteiger partial charge is 0.461 e. The van der Waals surface area contributed by atoms with E-state index in [0.717, 1.165) is 38.5 Å². The molecular weight excluding hydrogens is 590 g/mol. The van der Waals surface area contributed by atoms with E-state index in [1.807, 2.05) is 34.6 Å². The number of ketones is 1. The van der Waals surface area contributed by atoms with Gasteiger partial charge in [-0.15, -0.1) is 6.58 Å². The molecule has 0 aromatic rings. The lowest BCUT2D eigenvalue weighted by Crippen LogP contribution is -2.60. The summed E-state index contributed by atoms with van der Waals surface area (Å²) >= 11 is 0. The molecule has 260 valence electrons. The summed E-state index contributed by atoms with van der Waals surface area (Å²) in [6, 6.07) is -4.42. The van der Waals surface area contributed by atoms with Crippen LogP contribution in [0.3, 0.4) is 0 Å². The molecule has 1 aliphatic carbocycles. The van der Waals surface area contributed by atoms with Gasteiger partial charge in [0.2, 0.25) is 17.6 Å². The molecule has 1 unspecified atom stereocenters. The molecule has 12 nitrogen and oxygen atoms in total. The van der Waals surface area contributed by atoms with Gasteiger partial charge >= 0.3 is 12.0 Å². The molecule has 2 fully saturated rings. The number of carbonyl (C=O) groups is 6. The Bertz CT molecular complexity index is 1100. The Morgan fingerprint density at radius 3 is 2.22 bits per heavy atom. The Hall–Kier alpha value is -3.44. The summed E-state index contributed by atoms with van der Waals surface area (Å²) in [6.45, 7) is 16.8. The first-order valence-electron chi connectivity index (χ1n) is 16.9. The number of likely N-dealkylation sites (tertiary alicyclic amines) is 1. The lowest BCUT2D eigenvalue weighted by molar-refractivity contribution is -0.152. The van der Waals surface area contributed by atoms with E-state index in [2.05, 4.69) is 27.8 Å². The molecule has 0 radical (unpaired) electrons. The zero-order valence-corrected chi connectivity index (χ0v) is 28.9. The van der Waals surface area contributed by atoms with Gasteiger partial charge in [0, 0.05) is 13.1 Å². The van der Waals surface area contributed by atoms with E-state index >= 15 is 0 Å². The Morgan fingerprint density at radius 2 is 1.65 bits per heavy atom. The standard InChI is InChI=1S/C34H57N5O7/c1-9-11-17-24(27(40)30(42)35-18-10-2)36-29(41)25-19-22(5)20-39(25)31(43)26(23-15-13-12-14-16-23)37-33(45)38-28(34(6,7)8)32(44)46-21(3)4/h10,21-26,28H,2,9,11-20H2,1,3-8H3,(H,35,42)(H,36,41)(H2,37,38,45)/t22-,24?,25+,26+,28-/m1/s1. The SMILES string of the molecule is C=CCNC(=O)C(=O)C(CCCC)NC(=O)[C@@H]1C[C@@H](C)CN1C(=O)[C@@H](NC(=O)N[C@H](C(=O)OC(C)C)C(C)(C)C)C1CCCCC1. The molecule has 4 N–H and O–H groups in total. The molecule has 2 rings (SSSR count). The molecular formula is C34H57N5O7. The molecule has 0 spiro atoms. The predicted octanol–water partition coefficient (Wildman–Crippen LogP) is 3.38. The first-order valence-corrected chi connectivity index (χ1v) is 16.9. The van der Waals surface area contributed by atoms with Gasteiger partial charge in [0.05, 0.1) is 12.1 Å². The van der Waals surface area contributed by atoms with Gasteiger partial charge in [0.25, 0.3) is 5.91 Å². The zero-order valence-electron chi connectivity index (χ0n) is 28.9. The topological polar surface area (TPSA) is 163 Å². The summed E-state index contributed by atoms with van der Waals surface area (Å²) in [5, 5.41) is 10.9. The number of rotatable bonds is 15. The van der Waals surface area contributed by atoms with Crippen molar-refractivity contribution in [2.24, 2.45) is 17.3 Å². The van der Waals surface area contributed by atoms with Crippen LogP contribution < -0.4 is 21.3 Å². The Labute approximate surface area is 274 Å². The number of hydrogen-bond donors (Lipinski definition) is 4. The first kappa shape index (κ1) is 38.7. The van der Waals surface area contributed by atoms with Crippen LogP contribution in [0.25, 0.3) is 0 Å². The van der Waals surface area contributed by atoms with Crippen molar-refractivity contribution in [2.45, 2.75) is 137 Å². The third kappa shape index (κ3) is 11.4. The molecule has 1 saturated heterocycles. The molecule has 0 aromatic carbocycles. The smallest absolute Gasteiger partial charge is 0.329 e. The van der Waals surface area contributed by atoms with Crippen LogP contribution in [0.2, 0.25) is 0 Å². The number of nitrogens with one attached hydrogen (secondary N) is 4. The van der Waals surface area contributed by atoms with Crippen LogP contribution in [0, 0.1) is 17.3 Å². The number of hydrogen-bond acceptors (Lipinski definition) is 7. The van der Waals surface area contributed by atoms with Gasteiger partial charge in [-0.3, -0.25) is 19.2 Å². The van der Waals surface area contributed by atoms with E-state index in [0.29, 0.717) is 25.8 Å². The molecule has 0 aromatic heterocycles. The Balaban J connectivity index is 2.30. The maximum absolute atomic E-state index is 14.3. The molecule has 1 heterocycles. The second-order valence-corrected chi connectivity index (χ2v) is 14.2. The Kier molecular flexibility index (Phi) is 15.2. The molecule has 12 heteroatoms. The number of amides is 5. The highest BCUT2D eigenvalue weighted by Gasteiger charge is 2.44. The van der Waals surface area contributed by atoms with Crippen LogP contribution >= 0.6 is 0 Å². The molecule has 5 atom stereocenters. The summed E-state index contributed by atoms with van der Waals surface area (Å²) < 4.78 is 5.39. The van der Waals surface area contributed by atoms with Gasteiger partial charge in [-0.05, 0) is 56.8 Å². The lowest BCUT2D eigenvalue weighted by atomic mass is 9.83. The van der Waals surface area contributed by atoms with Crippen molar-refractivity contribution in [3.8, 4) is 0 Å². The van der Waals surface area contributed by atoms with Crippen molar-refractivity contribution >= 4 is 35.5 Å². The summed E-state index contributed by atoms with van der Waals surface area (Å²) in [4.78, 5) is 81.2. The predicted molar refractivity (Wildman–Crippen MR) is 175 cm³/mol. The minimum absolute atomic E-state index is 0.00251. The van der Waals surface area contributed by atoms with Gasteiger partial charge in [0.15, 0.2) is 0 Å². The van der Waals surface area contributed by atoms with Crippen molar-refractivity contribution in [1.29, 1.82) is 0 Å². The number of urea groups is 1. The highest BCUT2D eigenvalue weighted by molar-refractivity contribution is 6.38. The fourth-order valence-electron chi connectivity index (χ4n) is 6.16. The number of unbranched alkanes of at least 4 members (excludes halogenated alkanes) is 1. The highest BCUT2D eigenvalue weighted by Crippen LogP contribution is 2.31. The van der Waals surface area contributed by atoms with Crippen molar-refractivity contribution in [1.82, 2.24) is 26.2 Å². The number of carbonyl (C=O) groups excluding carboxylic acids is 6. The molecule has 1 saturated carbocycles. The molecule has 1 aliphatic heterocycles. The fourth-order valence-corrected chi connectivity index (χ4v) is 6.16. The Morgan fingerprint density at radius 1 is 1.00 bits per heavy atom. The van der Waals surface area contributed by atoms with Crippen molar-refractivity contribution < 1.29 is 33.5 Å².